The summed E-state index contributed by atoms with van der Waals surface area (Å²) < 4.78 is 26.8. The molecule has 1 heterocycles. The Morgan fingerprint density at radius 3 is 2.68 bits per heavy atom. The van der Waals surface area contributed by atoms with Crippen molar-refractivity contribution < 1.29 is 13.6 Å². The van der Waals surface area contributed by atoms with Crippen LogP contribution in [0.25, 0.3) is 0 Å². The standard InChI is InChI=1S/C12H8BrF2N3O/c13-7-4-9(15)10(5-8(7)14)18-12(19)6-1-2-17-11(16)3-6/h1-5H,(H2,16,17)(H,18,19). The average Bonchev–Trinajstić information content (AvgIpc) is 2.36. The third kappa shape index (κ3) is 3.05. The molecule has 2 aromatic rings. The van der Waals surface area contributed by atoms with E-state index in [1.165, 1.54) is 18.3 Å². The quantitative estimate of drug-likeness (QED) is 0.833. The van der Waals surface area contributed by atoms with Crippen molar-refractivity contribution in [1.82, 2.24) is 4.98 Å². The molecule has 0 aliphatic carbocycles. The van der Waals surface area contributed by atoms with E-state index in [2.05, 4.69) is 26.2 Å². The molecule has 0 radical (unpaired) electrons. The molecule has 2 rings (SSSR count). The summed E-state index contributed by atoms with van der Waals surface area (Å²) in [7, 11) is 0. The number of pyridine rings is 1. The monoisotopic (exact) mass is 327 g/mol. The second-order valence-corrected chi connectivity index (χ2v) is 4.52. The Bertz CT molecular complexity index is 649. The van der Waals surface area contributed by atoms with E-state index in [0.29, 0.717) is 0 Å². The molecule has 0 spiro atoms. The van der Waals surface area contributed by atoms with Gasteiger partial charge in [0.25, 0.3) is 5.91 Å². The highest BCUT2D eigenvalue weighted by atomic mass is 79.9. The van der Waals surface area contributed by atoms with Crippen LogP contribution < -0.4 is 11.1 Å². The van der Waals surface area contributed by atoms with Gasteiger partial charge in [0.2, 0.25) is 0 Å². The van der Waals surface area contributed by atoms with Gasteiger partial charge in [-0.05, 0) is 34.1 Å². The smallest absolute Gasteiger partial charge is 0.255 e. The van der Waals surface area contributed by atoms with Gasteiger partial charge in [0.1, 0.15) is 17.5 Å². The number of aromatic nitrogens is 1. The van der Waals surface area contributed by atoms with Gasteiger partial charge < -0.3 is 11.1 Å². The fourth-order valence-corrected chi connectivity index (χ4v) is 1.72. The topological polar surface area (TPSA) is 68.0 Å². The van der Waals surface area contributed by atoms with Crippen molar-refractivity contribution in [1.29, 1.82) is 0 Å². The minimum absolute atomic E-state index is 0.0174. The molecule has 7 heteroatoms. The molecule has 1 aromatic heterocycles. The van der Waals surface area contributed by atoms with Gasteiger partial charge in [0.15, 0.2) is 0 Å². The molecule has 0 saturated heterocycles. The Kier molecular flexibility index (Phi) is 3.75. The molecule has 1 aromatic carbocycles. The highest BCUT2D eigenvalue weighted by Crippen LogP contribution is 2.23. The molecule has 3 N–H and O–H groups in total. The molecule has 1 amide bonds. The molecular weight excluding hydrogens is 320 g/mol. The van der Waals surface area contributed by atoms with Gasteiger partial charge in [-0.25, -0.2) is 13.8 Å². The largest absolute Gasteiger partial charge is 0.384 e. The zero-order chi connectivity index (χ0) is 14.0. The first-order valence-corrected chi connectivity index (χ1v) is 5.94. The van der Waals surface area contributed by atoms with Crippen LogP contribution in [-0.4, -0.2) is 10.9 Å². The number of halogens is 3. The Labute approximate surface area is 115 Å². The molecule has 98 valence electrons. The van der Waals surface area contributed by atoms with E-state index in [9.17, 15) is 13.6 Å². The average molecular weight is 328 g/mol. The van der Waals surface area contributed by atoms with Gasteiger partial charge in [0.05, 0.1) is 10.2 Å². The number of rotatable bonds is 2. The van der Waals surface area contributed by atoms with Crippen LogP contribution in [0.1, 0.15) is 10.4 Å². The fourth-order valence-electron chi connectivity index (χ4n) is 1.40. The van der Waals surface area contributed by atoms with Gasteiger partial charge in [-0.15, -0.1) is 0 Å². The van der Waals surface area contributed by atoms with Crippen LogP contribution in [0, 0.1) is 11.6 Å². The van der Waals surface area contributed by atoms with E-state index in [4.69, 9.17) is 5.73 Å². The minimum Gasteiger partial charge on any atom is -0.384 e. The summed E-state index contributed by atoms with van der Waals surface area (Å²) in [5, 5.41) is 2.26. The van der Waals surface area contributed by atoms with E-state index in [1.54, 1.807) is 0 Å². The lowest BCUT2D eigenvalue weighted by Crippen LogP contribution is -2.13. The number of carbonyl (C=O) groups excluding carboxylic acids is 1. The summed E-state index contributed by atoms with van der Waals surface area (Å²) >= 11 is 2.85. The van der Waals surface area contributed by atoms with Crippen LogP contribution in [0.5, 0.6) is 0 Å². The highest BCUT2D eigenvalue weighted by Gasteiger charge is 2.12. The fraction of sp³-hybridized carbons (Fsp3) is 0. The van der Waals surface area contributed by atoms with Gasteiger partial charge in [-0.3, -0.25) is 4.79 Å². The number of nitrogens with zero attached hydrogens (tertiary/aromatic N) is 1. The number of hydrogen-bond donors (Lipinski definition) is 2. The Balaban J connectivity index is 2.27. The maximum absolute atomic E-state index is 13.5. The second kappa shape index (κ2) is 5.31. The predicted molar refractivity (Wildman–Crippen MR) is 70.7 cm³/mol. The van der Waals surface area contributed by atoms with Crippen LogP contribution in [0.4, 0.5) is 20.3 Å². The number of nitrogens with two attached hydrogens (primary N) is 1. The zero-order valence-electron chi connectivity index (χ0n) is 9.45. The molecule has 0 aliphatic rings. The van der Waals surface area contributed by atoms with Gasteiger partial charge in [-0.1, -0.05) is 0 Å². The van der Waals surface area contributed by atoms with Gasteiger partial charge >= 0.3 is 0 Å². The normalized spacial score (nSPS) is 10.3. The lowest BCUT2D eigenvalue weighted by molar-refractivity contribution is 0.102. The minimum atomic E-state index is -0.747. The first-order valence-electron chi connectivity index (χ1n) is 5.15. The number of nitrogen functional groups attached to an aromatic ring is 1. The van der Waals surface area contributed by atoms with Crippen molar-refractivity contribution >= 4 is 33.3 Å². The van der Waals surface area contributed by atoms with Crippen molar-refractivity contribution in [3.8, 4) is 0 Å². The first kappa shape index (κ1) is 13.4. The van der Waals surface area contributed by atoms with E-state index < -0.39 is 17.5 Å². The maximum Gasteiger partial charge on any atom is 0.255 e. The number of benzene rings is 1. The summed E-state index contributed by atoms with van der Waals surface area (Å²) in [6, 6.07) is 4.58. The molecule has 0 bridgehead atoms. The first-order chi connectivity index (χ1) is 8.97. The molecule has 0 saturated carbocycles. The van der Waals surface area contributed by atoms with E-state index in [-0.39, 0.29) is 21.5 Å². The number of amides is 1. The SMILES string of the molecule is Nc1cc(C(=O)Nc2cc(F)c(Br)cc2F)ccn1. The Morgan fingerprint density at radius 1 is 1.26 bits per heavy atom. The lowest BCUT2D eigenvalue weighted by Gasteiger charge is -2.07. The highest BCUT2D eigenvalue weighted by molar-refractivity contribution is 9.10. The molecule has 0 unspecified atom stereocenters. The summed E-state index contributed by atoms with van der Waals surface area (Å²) in [4.78, 5) is 15.5. The summed E-state index contributed by atoms with van der Waals surface area (Å²) in [6.07, 6.45) is 1.35. The van der Waals surface area contributed by atoms with Crippen molar-refractivity contribution in [2.24, 2.45) is 0 Å². The van der Waals surface area contributed by atoms with Crippen LogP contribution in [-0.2, 0) is 0 Å². The van der Waals surface area contributed by atoms with Crippen molar-refractivity contribution in [3.63, 3.8) is 0 Å². The third-order valence-electron chi connectivity index (χ3n) is 2.30. The third-order valence-corrected chi connectivity index (χ3v) is 2.91. The number of hydrogen-bond acceptors (Lipinski definition) is 3. The van der Waals surface area contributed by atoms with Crippen molar-refractivity contribution in [3.05, 3.63) is 52.1 Å². The van der Waals surface area contributed by atoms with Crippen LogP contribution in [0.2, 0.25) is 0 Å². The van der Waals surface area contributed by atoms with Crippen LogP contribution in [0.3, 0.4) is 0 Å². The summed E-state index contributed by atoms with van der Waals surface area (Å²) in [6.45, 7) is 0. The molecule has 0 atom stereocenters. The van der Waals surface area contributed by atoms with Crippen molar-refractivity contribution in [2.75, 3.05) is 11.1 Å². The Hall–Kier alpha value is -2.02. The number of nitrogens with one attached hydrogen (secondary N) is 1. The maximum atomic E-state index is 13.5. The van der Waals surface area contributed by atoms with E-state index in [0.717, 1.165) is 12.1 Å². The van der Waals surface area contributed by atoms with Crippen molar-refractivity contribution in [2.45, 2.75) is 0 Å². The molecule has 0 fully saturated rings. The summed E-state index contributed by atoms with van der Waals surface area (Å²) in [5.74, 6) is -1.86. The second-order valence-electron chi connectivity index (χ2n) is 3.67. The zero-order valence-corrected chi connectivity index (χ0v) is 11.0. The van der Waals surface area contributed by atoms with E-state index >= 15 is 0 Å². The lowest BCUT2D eigenvalue weighted by atomic mass is 10.2. The van der Waals surface area contributed by atoms with Crippen LogP contribution in [0.15, 0.2) is 34.9 Å². The molecule has 0 aliphatic heterocycles. The van der Waals surface area contributed by atoms with E-state index in [1.807, 2.05) is 0 Å². The summed E-state index contributed by atoms with van der Waals surface area (Å²) in [5.41, 5.74) is 5.39. The van der Waals surface area contributed by atoms with Gasteiger partial charge in [0, 0.05) is 17.8 Å². The predicted octanol–water partition coefficient (Wildman–Crippen LogP) is 2.96. The molecular formula is C12H8BrF2N3O. The van der Waals surface area contributed by atoms with Gasteiger partial charge in [-0.2, -0.15) is 0 Å². The number of anilines is 2. The van der Waals surface area contributed by atoms with Crippen LogP contribution >= 0.6 is 15.9 Å². The number of carbonyl (C=O) groups is 1. The molecule has 4 nitrogen and oxygen atoms in total. The molecule has 19 heavy (non-hydrogen) atoms. The Morgan fingerprint density at radius 2 is 2.00 bits per heavy atom.